The van der Waals surface area contributed by atoms with E-state index in [9.17, 15) is 4.79 Å². The average Bonchev–Trinajstić information content (AvgIpc) is 3.13. The van der Waals surface area contributed by atoms with Gasteiger partial charge in [0, 0.05) is 11.5 Å². The van der Waals surface area contributed by atoms with Crippen LogP contribution >= 0.6 is 0 Å². The van der Waals surface area contributed by atoms with Crippen LogP contribution in [0.5, 0.6) is 0 Å². The van der Waals surface area contributed by atoms with Gasteiger partial charge in [-0.25, -0.2) is 0 Å². The van der Waals surface area contributed by atoms with Gasteiger partial charge in [0.25, 0.3) is 0 Å². The highest BCUT2D eigenvalue weighted by atomic mass is 16.5. The van der Waals surface area contributed by atoms with Gasteiger partial charge < -0.3 is 4.74 Å². The molecule has 1 saturated carbocycles. The summed E-state index contributed by atoms with van der Waals surface area (Å²) in [5.74, 6) is 0.536. The third-order valence-corrected chi connectivity index (χ3v) is 5.82. The van der Waals surface area contributed by atoms with Crippen molar-refractivity contribution in [3.8, 4) is 0 Å². The third kappa shape index (κ3) is 2.44. The molecule has 1 heterocycles. The van der Waals surface area contributed by atoms with Crippen molar-refractivity contribution in [1.82, 2.24) is 0 Å². The Morgan fingerprint density at radius 2 is 1.90 bits per heavy atom. The Morgan fingerprint density at radius 1 is 1.10 bits per heavy atom. The van der Waals surface area contributed by atoms with Crippen molar-refractivity contribution in [3.05, 3.63) is 35.4 Å². The maximum Gasteiger partial charge on any atom is 0.166 e. The summed E-state index contributed by atoms with van der Waals surface area (Å²) in [6.45, 7) is 0. The van der Waals surface area contributed by atoms with Gasteiger partial charge in [-0.15, -0.1) is 0 Å². The Hall–Kier alpha value is -1.15. The van der Waals surface area contributed by atoms with Crippen LogP contribution in [0.3, 0.4) is 0 Å². The van der Waals surface area contributed by atoms with Crippen LogP contribution in [-0.4, -0.2) is 17.5 Å². The van der Waals surface area contributed by atoms with E-state index in [2.05, 4.69) is 6.07 Å². The van der Waals surface area contributed by atoms with Gasteiger partial charge in [-0.3, -0.25) is 4.79 Å². The van der Waals surface area contributed by atoms with Crippen LogP contribution in [0.4, 0.5) is 0 Å². The fourth-order valence-electron chi connectivity index (χ4n) is 4.65. The van der Waals surface area contributed by atoms with Gasteiger partial charge in [0.2, 0.25) is 0 Å². The number of rotatable bonds is 2. The second-order valence-electron chi connectivity index (χ2n) is 7.16. The highest BCUT2D eigenvalue weighted by Crippen LogP contribution is 2.45. The zero-order chi connectivity index (χ0) is 14.3. The Labute approximate surface area is 126 Å². The van der Waals surface area contributed by atoms with Crippen molar-refractivity contribution in [3.63, 3.8) is 0 Å². The molecule has 2 unspecified atom stereocenters. The fourth-order valence-corrected chi connectivity index (χ4v) is 4.65. The molecule has 1 aromatic rings. The van der Waals surface area contributed by atoms with Gasteiger partial charge in [0.15, 0.2) is 5.78 Å². The second kappa shape index (κ2) is 5.24. The van der Waals surface area contributed by atoms with Crippen molar-refractivity contribution >= 4 is 5.78 Å². The number of hydrogen-bond acceptors (Lipinski definition) is 2. The first-order valence-electron chi connectivity index (χ1n) is 8.56. The summed E-state index contributed by atoms with van der Waals surface area (Å²) >= 11 is 0. The first-order valence-corrected chi connectivity index (χ1v) is 8.56. The van der Waals surface area contributed by atoms with Crippen LogP contribution in [0.1, 0.15) is 67.3 Å². The van der Waals surface area contributed by atoms with Crippen molar-refractivity contribution in [2.24, 2.45) is 5.92 Å². The minimum absolute atomic E-state index is 0.182. The molecule has 3 aliphatic rings. The molecule has 1 aromatic carbocycles. The zero-order valence-corrected chi connectivity index (χ0v) is 12.6. The first kappa shape index (κ1) is 13.5. The predicted molar refractivity (Wildman–Crippen MR) is 82.5 cm³/mol. The lowest BCUT2D eigenvalue weighted by atomic mass is 9.80. The van der Waals surface area contributed by atoms with E-state index in [0.29, 0.717) is 11.9 Å². The maximum absolute atomic E-state index is 12.7. The summed E-state index contributed by atoms with van der Waals surface area (Å²) in [5.41, 5.74) is 2.39. The van der Waals surface area contributed by atoms with Crippen LogP contribution in [0.15, 0.2) is 24.3 Å². The van der Waals surface area contributed by atoms with E-state index in [4.69, 9.17) is 4.74 Å². The molecular weight excluding hydrogens is 260 g/mol. The van der Waals surface area contributed by atoms with Gasteiger partial charge in [0.1, 0.15) is 0 Å². The lowest BCUT2D eigenvalue weighted by Crippen LogP contribution is -2.29. The van der Waals surface area contributed by atoms with E-state index in [-0.39, 0.29) is 11.5 Å². The molecule has 0 amide bonds. The molecule has 112 valence electrons. The standard InChI is InChI=1S/C19H24O2/c20-18-15(8-7-14-5-1-2-6-17(14)18)13-16-9-12-19(21-16)10-3-4-11-19/h1-2,5-6,15-16H,3-4,7-13H2. The number of aryl methyl sites for hydroxylation is 1. The van der Waals surface area contributed by atoms with Crippen LogP contribution < -0.4 is 0 Å². The number of Topliss-reactive ketones (excluding diaryl/α,β-unsaturated/α-hetero) is 1. The van der Waals surface area contributed by atoms with Gasteiger partial charge in [-0.05, 0) is 50.5 Å². The number of ketones is 1. The molecule has 1 spiro atoms. The number of carbonyl (C=O) groups is 1. The Balaban J connectivity index is 1.43. The van der Waals surface area contributed by atoms with Crippen LogP contribution in [0.25, 0.3) is 0 Å². The van der Waals surface area contributed by atoms with Crippen LogP contribution in [0, 0.1) is 5.92 Å². The van der Waals surface area contributed by atoms with Crippen LogP contribution in [-0.2, 0) is 11.2 Å². The molecule has 2 heteroatoms. The molecule has 2 atom stereocenters. The molecule has 2 aliphatic carbocycles. The third-order valence-electron chi connectivity index (χ3n) is 5.82. The summed E-state index contributed by atoms with van der Waals surface area (Å²) in [4.78, 5) is 12.7. The molecule has 4 rings (SSSR count). The minimum Gasteiger partial charge on any atom is -0.372 e. The highest BCUT2D eigenvalue weighted by Gasteiger charge is 2.43. The Bertz CT molecular complexity index is 542. The van der Waals surface area contributed by atoms with Crippen LogP contribution in [0.2, 0.25) is 0 Å². The lowest BCUT2D eigenvalue weighted by molar-refractivity contribution is -0.0434. The average molecular weight is 284 g/mol. The molecule has 0 aromatic heterocycles. The van der Waals surface area contributed by atoms with E-state index < -0.39 is 0 Å². The number of ether oxygens (including phenoxy) is 1. The van der Waals surface area contributed by atoms with E-state index in [1.807, 2.05) is 18.2 Å². The van der Waals surface area contributed by atoms with E-state index in [1.165, 1.54) is 37.7 Å². The summed E-state index contributed by atoms with van der Waals surface area (Å²) in [5, 5.41) is 0. The van der Waals surface area contributed by atoms with Gasteiger partial charge in [-0.1, -0.05) is 37.1 Å². The van der Waals surface area contributed by atoms with Crippen molar-refractivity contribution in [1.29, 1.82) is 0 Å². The molecule has 2 fully saturated rings. The monoisotopic (exact) mass is 284 g/mol. The topological polar surface area (TPSA) is 26.3 Å². The molecule has 21 heavy (non-hydrogen) atoms. The normalized spacial score (nSPS) is 30.8. The fraction of sp³-hybridized carbons (Fsp3) is 0.632. The zero-order valence-electron chi connectivity index (χ0n) is 12.6. The SMILES string of the molecule is O=C1c2ccccc2CCC1CC1CCC2(CCCC2)O1. The van der Waals surface area contributed by atoms with Gasteiger partial charge in [-0.2, -0.15) is 0 Å². The summed E-state index contributed by atoms with van der Waals surface area (Å²) in [6, 6.07) is 8.12. The van der Waals surface area contributed by atoms with E-state index in [0.717, 1.165) is 31.2 Å². The molecule has 1 saturated heterocycles. The van der Waals surface area contributed by atoms with Crippen molar-refractivity contribution < 1.29 is 9.53 Å². The number of hydrogen-bond donors (Lipinski definition) is 0. The number of carbonyl (C=O) groups excluding carboxylic acids is 1. The molecule has 1 aliphatic heterocycles. The number of fused-ring (bicyclic) bond motifs is 1. The smallest absolute Gasteiger partial charge is 0.166 e. The van der Waals surface area contributed by atoms with Crippen molar-refractivity contribution in [2.75, 3.05) is 0 Å². The summed E-state index contributed by atoms with van der Waals surface area (Å²) in [7, 11) is 0. The molecule has 0 N–H and O–H groups in total. The first-order chi connectivity index (χ1) is 10.3. The van der Waals surface area contributed by atoms with Crippen molar-refractivity contribution in [2.45, 2.75) is 69.5 Å². The second-order valence-corrected chi connectivity index (χ2v) is 7.16. The predicted octanol–water partition coefficient (Wildman–Crippen LogP) is 4.31. The summed E-state index contributed by atoms with van der Waals surface area (Å²) < 4.78 is 6.40. The highest BCUT2D eigenvalue weighted by molar-refractivity contribution is 6.00. The molecular formula is C19H24O2. The minimum atomic E-state index is 0.182. The van der Waals surface area contributed by atoms with E-state index >= 15 is 0 Å². The number of benzene rings is 1. The molecule has 0 bridgehead atoms. The lowest BCUT2D eigenvalue weighted by Gasteiger charge is -2.28. The quantitative estimate of drug-likeness (QED) is 0.808. The Morgan fingerprint density at radius 3 is 2.76 bits per heavy atom. The molecule has 2 nitrogen and oxygen atoms in total. The molecule has 0 radical (unpaired) electrons. The van der Waals surface area contributed by atoms with Gasteiger partial charge in [0.05, 0.1) is 11.7 Å². The van der Waals surface area contributed by atoms with E-state index in [1.54, 1.807) is 0 Å². The Kier molecular flexibility index (Phi) is 3.37. The maximum atomic E-state index is 12.7. The summed E-state index contributed by atoms with van der Waals surface area (Å²) in [6.07, 6.45) is 10.8. The van der Waals surface area contributed by atoms with Gasteiger partial charge >= 0.3 is 0 Å². The largest absolute Gasteiger partial charge is 0.372 e.